The van der Waals surface area contributed by atoms with Gasteiger partial charge in [0.1, 0.15) is 24.8 Å². The molecule has 6 nitrogen and oxygen atoms in total. The lowest BCUT2D eigenvalue weighted by Gasteiger charge is -2.12. The highest BCUT2D eigenvalue weighted by Gasteiger charge is 2.15. The van der Waals surface area contributed by atoms with Gasteiger partial charge in [0, 0.05) is 0 Å². The van der Waals surface area contributed by atoms with Crippen LogP contribution >= 0.6 is 0 Å². The Morgan fingerprint density at radius 2 is 1.93 bits per heavy atom. The number of ether oxygens (including phenoxy) is 3. The summed E-state index contributed by atoms with van der Waals surface area (Å²) in [6.07, 6.45) is 0. The number of carbonyl (C=O) groups excluding carboxylic acids is 1. The van der Waals surface area contributed by atoms with E-state index in [1.807, 2.05) is 13.8 Å². The minimum atomic E-state index is -0.542. The topological polar surface area (TPSA) is 70.8 Å². The van der Waals surface area contributed by atoms with Crippen molar-refractivity contribution < 1.29 is 27.9 Å². The first-order chi connectivity index (χ1) is 13.5. The average molecular weight is 385 g/mol. The number of hydrogen-bond acceptors (Lipinski definition) is 6. The van der Waals surface area contributed by atoms with Crippen LogP contribution in [0.5, 0.6) is 11.5 Å². The zero-order valence-electron chi connectivity index (χ0n) is 15.8. The molecule has 0 spiro atoms. The van der Waals surface area contributed by atoms with Crippen molar-refractivity contribution in [1.82, 2.24) is 5.16 Å². The molecule has 0 saturated carbocycles. The lowest BCUT2D eigenvalue weighted by Crippen LogP contribution is -2.06. The third kappa shape index (κ3) is 4.49. The molecule has 0 radical (unpaired) electrons. The second-order valence-corrected chi connectivity index (χ2v) is 6.16. The van der Waals surface area contributed by atoms with E-state index in [1.165, 1.54) is 25.3 Å². The molecule has 146 valence electrons. The molecule has 0 atom stereocenters. The molecular formula is C21H20FNO5. The van der Waals surface area contributed by atoms with Gasteiger partial charge in [-0.2, -0.15) is 0 Å². The standard InChI is InChI=1S/C21H20FNO5/c1-13-18(14(2)28-23-13)12-26-19-8-7-16(10-20(19)25-3)21(24)27-11-15-5-4-6-17(22)9-15/h4-10H,11-12H2,1-3H3. The zero-order chi connectivity index (χ0) is 20.1. The number of esters is 1. The fourth-order valence-electron chi connectivity index (χ4n) is 2.63. The maximum atomic E-state index is 13.2. The van der Waals surface area contributed by atoms with Crippen LogP contribution in [-0.2, 0) is 18.0 Å². The first kappa shape index (κ1) is 19.4. The van der Waals surface area contributed by atoms with E-state index in [0.717, 1.165) is 11.3 Å². The monoisotopic (exact) mass is 385 g/mol. The largest absolute Gasteiger partial charge is 0.493 e. The van der Waals surface area contributed by atoms with Gasteiger partial charge in [0.05, 0.1) is 23.9 Å². The number of carbonyl (C=O) groups is 1. The van der Waals surface area contributed by atoms with Crippen molar-refractivity contribution in [1.29, 1.82) is 0 Å². The van der Waals surface area contributed by atoms with Gasteiger partial charge in [-0.05, 0) is 49.7 Å². The van der Waals surface area contributed by atoms with E-state index in [4.69, 9.17) is 18.7 Å². The minimum Gasteiger partial charge on any atom is -0.493 e. The summed E-state index contributed by atoms with van der Waals surface area (Å²) in [5, 5.41) is 3.89. The Balaban J connectivity index is 1.67. The van der Waals surface area contributed by atoms with Gasteiger partial charge >= 0.3 is 5.97 Å². The third-order valence-corrected chi connectivity index (χ3v) is 4.21. The van der Waals surface area contributed by atoms with Gasteiger partial charge in [-0.3, -0.25) is 0 Å². The summed E-state index contributed by atoms with van der Waals surface area (Å²) in [6.45, 7) is 3.89. The molecule has 0 unspecified atom stereocenters. The molecule has 3 rings (SSSR count). The molecule has 3 aromatic rings. The van der Waals surface area contributed by atoms with Gasteiger partial charge in [0.25, 0.3) is 0 Å². The van der Waals surface area contributed by atoms with E-state index < -0.39 is 5.97 Å². The van der Waals surface area contributed by atoms with Gasteiger partial charge in [-0.15, -0.1) is 0 Å². The van der Waals surface area contributed by atoms with E-state index in [1.54, 1.807) is 24.3 Å². The van der Waals surface area contributed by atoms with Gasteiger partial charge in [0.2, 0.25) is 0 Å². The molecule has 0 saturated heterocycles. The molecule has 0 fully saturated rings. The second-order valence-electron chi connectivity index (χ2n) is 6.16. The number of benzene rings is 2. The van der Waals surface area contributed by atoms with Crippen molar-refractivity contribution >= 4 is 5.97 Å². The van der Waals surface area contributed by atoms with Crippen LogP contribution in [0.4, 0.5) is 4.39 Å². The molecule has 0 amide bonds. The van der Waals surface area contributed by atoms with Crippen LogP contribution in [0.25, 0.3) is 0 Å². The first-order valence-corrected chi connectivity index (χ1v) is 8.62. The van der Waals surface area contributed by atoms with Crippen LogP contribution in [0.15, 0.2) is 47.0 Å². The predicted molar refractivity (Wildman–Crippen MR) is 98.8 cm³/mol. The number of methoxy groups -OCH3 is 1. The molecule has 28 heavy (non-hydrogen) atoms. The molecule has 1 heterocycles. The lowest BCUT2D eigenvalue weighted by molar-refractivity contribution is 0.0472. The van der Waals surface area contributed by atoms with Gasteiger partial charge in [0.15, 0.2) is 11.5 Å². The Hall–Kier alpha value is -3.35. The highest BCUT2D eigenvalue weighted by molar-refractivity contribution is 5.90. The van der Waals surface area contributed by atoms with Crippen LogP contribution in [0, 0.1) is 19.7 Å². The van der Waals surface area contributed by atoms with Gasteiger partial charge < -0.3 is 18.7 Å². The molecule has 0 N–H and O–H groups in total. The Labute approximate surface area is 161 Å². The number of aryl methyl sites for hydroxylation is 2. The SMILES string of the molecule is COc1cc(C(=O)OCc2cccc(F)c2)ccc1OCc1c(C)noc1C. The summed E-state index contributed by atoms with van der Waals surface area (Å²) in [4.78, 5) is 12.3. The number of halogens is 1. The summed E-state index contributed by atoms with van der Waals surface area (Å²) in [5.41, 5.74) is 2.49. The van der Waals surface area contributed by atoms with Crippen LogP contribution in [0.2, 0.25) is 0 Å². The Morgan fingerprint density at radius 3 is 2.61 bits per heavy atom. The van der Waals surface area contributed by atoms with Gasteiger partial charge in [-0.25, -0.2) is 9.18 Å². The first-order valence-electron chi connectivity index (χ1n) is 8.62. The van der Waals surface area contributed by atoms with E-state index in [0.29, 0.717) is 28.4 Å². The number of rotatable bonds is 7. The van der Waals surface area contributed by atoms with Crippen LogP contribution in [0.1, 0.15) is 32.9 Å². The van der Waals surface area contributed by atoms with Crippen molar-refractivity contribution in [2.24, 2.45) is 0 Å². The summed E-state index contributed by atoms with van der Waals surface area (Å²) in [7, 11) is 1.49. The van der Waals surface area contributed by atoms with E-state index in [9.17, 15) is 9.18 Å². The maximum Gasteiger partial charge on any atom is 0.338 e. The minimum absolute atomic E-state index is 0.0246. The summed E-state index contributed by atoms with van der Waals surface area (Å²) >= 11 is 0. The van der Waals surface area contributed by atoms with Crippen molar-refractivity contribution in [2.45, 2.75) is 27.1 Å². The molecular weight excluding hydrogens is 365 g/mol. The van der Waals surface area contributed by atoms with Crippen LogP contribution in [-0.4, -0.2) is 18.2 Å². The van der Waals surface area contributed by atoms with Crippen molar-refractivity contribution in [3.05, 3.63) is 76.4 Å². The van der Waals surface area contributed by atoms with Crippen LogP contribution in [0.3, 0.4) is 0 Å². The number of nitrogens with zero attached hydrogens (tertiary/aromatic N) is 1. The normalized spacial score (nSPS) is 10.6. The zero-order valence-corrected chi connectivity index (χ0v) is 15.8. The Bertz CT molecular complexity index is 963. The third-order valence-electron chi connectivity index (χ3n) is 4.21. The number of aromatic nitrogens is 1. The van der Waals surface area contributed by atoms with Crippen molar-refractivity contribution in [3.8, 4) is 11.5 Å². The fourth-order valence-corrected chi connectivity index (χ4v) is 2.63. The van der Waals surface area contributed by atoms with Crippen molar-refractivity contribution in [2.75, 3.05) is 7.11 Å². The van der Waals surface area contributed by atoms with E-state index >= 15 is 0 Å². The molecule has 0 aliphatic rings. The highest BCUT2D eigenvalue weighted by Crippen LogP contribution is 2.30. The summed E-state index contributed by atoms with van der Waals surface area (Å²) < 4.78 is 34.7. The predicted octanol–water partition coefficient (Wildman–Crippen LogP) is 4.38. The number of hydrogen-bond donors (Lipinski definition) is 0. The molecule has 0 bridgehead atoms. The Kier molecular flexibility index (Phi) is 5.93. The molecule has 2 aromatic carbocycles. The summed E-state index contributed by atoms with van der Waals surface area (Å²) in [6, 6.07) is 10.7. The lowest BCUT2D eigenvalue weighted by atomic mass is 10.2. The fraction of sp³-hybridized carbons (Fsp3) is 0.238. The van der Waals surface area contributed by atoms with Crippen molar-refractivity contribution in [3.63, 3.8) is 0 Å². The molecule has 7 heteroatoms. The highest BCUT2D eigenvalue weighted by atomic mass is 19.1. The van der Waals surface area contributed by atoms with E-state index in [2.05, 4.69) is 5.16 Å². The Morgan fingerprint density at radius 1 is 1.11 bits per heavy atom. The maximum absolute atomic E-state index is 13.2. The molecule has 0 aliphatic heterocycles. The van der Waals surface area contributed by atoms with E-state index in [-0.39, 0.29) is 19.0 Å². The molecule has 0 aliphatic carbocycles. The smallest absolute Gasteiger partial charge is 0.338 e. The van der Waals surface area contributed by atoms with Gasteiger partial charge in [-0.1, -0.05) is 17.3 Å². The molecule has 1 aromatic heterocycles. The quantitative estimate of drug-likeness (QED) is 0.562. The average Bonchev–Trinajstić information content (AvgIpc) is 3.02. The second kappa shape index (κ2) is 8.56. The summed E-state index contributed by atoms with van der Waals surface area (Å²) in [5.74, 6) is 0.639. The van der Waals surface area contributed by atoms with Crippen LogP contribution < -0.4 is 9.47 Å².